The molecule has 1 aliphatic rings. The van der Waals surface area contributed by atoms with Gasteiger partial charge in [0.2, 0.25) is 10.0 Å². The van der Waals surface area contributed by atoms with Crippen molar-refractivity contribution in [3.8, 4) is 0 Å². The Bertz CT molecular complexity index is 806. The molecule has 2 aromatic rings. The van der Waals surface area contributed by atoms with Gasteiger partial charge in [-0.1, -0.05) is 18.2 Å². The van der Waals surface area contributed by atoms with Gasteiger partial charge >= 0.3 is 0 Å². The lowest BCUT2D eigenvalue weighted by molar-refractivity contribution is 0.166. The van der Waals surface area contributed by atoms with E-state index in [2.05, 4.69) is 14.7 Å². The number of halogens is 1. The minimum Gasteiger partial charge on any atom is -0.291 e. The molecule has 1 atom stereocenters. The highest BCUT2D eigenvalue weighted by molar-refractivity contribution is 7.89. The fourth-order valence-electron chi connectivity index (χ4n) is 2.93. The Morgan fingerprint density at radius 2 is 2.12 bits per heavy atom. The number of hydrogen-bond acceptors (Lipinski definition) is 4. The van der Waals surface area contributed by atoms with E-state index in [9.17, 15) is 12.8 Å². The second-order valence-corrected chi connectivity index (χ2v) is 8.03. The first-order valence-corrected chi connectivity index (χ1v) is 9.59. The maximum Gasteiger partial charge on any atom is 0.211 e. The molecule has 0 bridgehead atoms. The number of nitrogens with zero attached hydrogens (tertiary/aromatic N) is 3. The highest BCUT2D eigenvalue weighted by Crippen LogP contribution is 2.22. The third-order valence-electron chi connectivity index (χ3n) is 4.22. The van der Waals surface area contributed by atoms with E-state index < -0.39 is 10.0 Å². The topological polar surface area (TPSA) is 67.2 Å². The van der Waals surface area contributed by atoms with Crippen molar-refractivity contribution in [3.05, 3.63) is 53.6 Å². The van der Waals surface area contributed by atoms with Crippen LogP contribution in [0.4, 0.5) is 4.39 Å². The lowest BCUT2D eigenvalue weighted by Crippen LogP contribution is -2.43. The van der Waals surface area contributed by atoms with Crippen LogP contribution in [0, 0.1) is 5.82 Å². The molecule has 3 rings (SSSR count). The summed E-state index contributed by atoms with van der Waals surface area (Å²) < 4.78 is 41.8. The summed E-state index contributed by atoms with van der Waals surface area (Å²) in [5, 5.41) is 4.30. The second-order valence-electron chi connectivity index (χ2n) is 5.93. The van der Waals surface area contributed by atoms with E-state index in [1.165, 1.54) is 6.07 Å². The quantitative estimate of drug-likeness (QED) is 0.856. The predicted octanol–water partition coefficient (Wildman–Crippen LogP) is 1.52. The van der Waals surface area contributed by atoms with Gasteiger partial charge in [0.15, 0.2) is 0 Å². The van der Waals surface area contributed by atoms with Crippen molar-refractivity contribution >= 4 is 10.0 Å². The molecule has 0 aliphatic carbocycles. The first-order chi connectivity index (χ1) is 11.5. The highest BCUT2D eigenvalue weighted by atomic mass is 32.2. The van der Waals surface area contributed by atoms with E-state index in [-0.39, 0.29) is 24.2 Å². The minimum atomic E-state index is -3.26. The fraction of sp³-hybridized carbons (Fsp3) is 0.438. The summed E-state index contributed by atoms with van der Waals surface area (Å²) in [5.74, 6) is -0.176. The molecular weight excluding hydrogens is 331 g/mol. The van der Waals surface area contributed by atoms with Crippen LogP contribution in [0.3, 0.4) is 0 Å². The Morgan fingerprint density at radius 3 is 2.88 bits per heavy atom. The molecule has 130 valence electrons. The summed E-state index contributed by atoms with van der Waals surface area (Å²) in [4.78, 5) is 2.11. The van der Waals surface area contributed by atoms with Gasteiger partial charge in [-0.15, -0.1) is 0 Å². The van der Waals surface area contributed by atoms with E-state index in [4.69, 9.17) is 0 Å². The van der Waals surface area contributed by atoms with E-state index in [0.717, 1.165) is 5.69 Å². The van der Waals surface area contributed by atoms with Crippen molar-refractivity contribution < 1.29 is 12.8 Å². The normalized spacial score (nSPS) is 18.5. The third kappa shape index (κ3) is 3.82. The Labute approximate surface area is 141 Å². The maximum absolute atomic E-state index is 13.9. The molecule has 24 heavy (non-hydrogen) atoms. The zero-order valence-corrected chi connectivity index (χ0v) is 14.3. The molecule has 0 fully saturated rings. The van der Waals surface area contributed by atoms with Crippen molar-refractivity contribution in [1.82, 2.24) is 19.4 Å². The SMILES string of the molecule is CCS(=O)(=O)NC[C@H]1CN(Cc2ccccc2F)Cc2ccnn21. The van der Waals surface area contributed by atoms with Crippen LogP contribution in [0.1, 0.15) is 24.2 Å². The predicted molar refractivity (Wildman–Crippen MR) is 89.2 cm³/mol. The van der Waals surface area contributed by atoms with Crippen LogP contribution in [-0.2, 0) is 23.1 Å². The maximum atomic E-state index is 13.9. The van der Waals surface area contributed by atoms with Gasteiger partial charge in [0.05, 0.1) is 17.5 Å². The molecule has 8 heteroatoms. The van der Waals surface area contributed by atoms with Gasteiger partial charge in [0.1, 0.15) is 5.82 Å². The smallest absolute Gasteiger partial charge is 0.211 e. The Morgan fingerprint density at radius 1 is 1.33 bits per heavy atom. The van der Waals surface area contributed by atoms with E-state index in [1.807, 2.05) is 16.8 Å². The molecule has 0 unspecified atom stereocenters. The average molecular weight is 352 g/mol. The van der Waals surface area contributed by atoms with Gasteiger partial charge in [0.25, 0.3) is 0 Å². The summed E-state index contributed by atoms with van der Waals surface area (Å²) >= 11 is 0. The number of fused-ring (bicyclic) bond motifs is 1. The van der Waals surface area contributed by atoms with Crippen LogP contribution in [0.15, 0.2) is 36.5 Å². The second kappa shape index (κ2) is 7.00. The van der Waals surface area contributed by atoms with Gasteiger partial charge in [-0.3, -0.25) is 9.58 Å². The van der Waals surface area contributed by atoms with Crippen molar-refractivity contribution in [3.63, 3.8) is 0 Å². The molecule has 0 spiro atoms. The van der Waals surface area contributed by atoms with Crippen molar-refractivity contribution in [1.29, 1.82) is 0 Å². The number of sulfonamides is 1. The zero-order valence-electron chi connectivity index (χ0n) is 13.5. The molecule has 1 aliphatic heterocycles. The fourth-order valence-corrected chi connectivity index (χ4v) is 3.58. The molecule has 1 N–H and O–H groups in total. The van der Waals surface area contributed by atoms with Gasteiger partial charge in [-0.05, 0) is 19.1 Å². The molecule has 1 aromatic carbocycles. The molecule has 0 saturated heterocycles. The summed E-state index contributed by atoms with van der Waals surface area (Å²) in [5.41, 5.74) is 1.64. The highest BCUT2D eigenvalue weighted by Gasteiger charge is 2.26. The van der Waals surface area contributed by atoms with Gasteiger partial charge in [0, 0.05) is 37.9 Å². The molecule has 0 saturated carbocycles. The average Bonchev–Trinajstić information content (AvgIpc) is 3.03. The van der Waals surface area contributed by atoms with Crippen molar-refractivity contribution in [2.45, 2.75) is 26.1 Å². The molecule has 2 heterocycles. The number of hydrogen-bond donors (Lipinski definition) is 1. The lowest BCUT2D eigenvalue weighted by atomic mass is 10.1. The van der Waals surface area contributed by atoms with E-state index in [1.54, 1.807) is 25.3 Å². The minimum absolute atomic E-state index is 0.0463. The van der Waals surface area contributed by atoms with Crippen LogP contribution in [0.5, 0.6) is 0 Å². The Hall–Kier alpha value is -1.77. The first kappa shape index (κ1) is 17.1. The number of rotatable bonds is 6. The molecule has 0 radical (unpaired) electrons. The summed E-state index contributed by atoms with van der Waals surface area (Å²) in [6, 6.07) is 8.52. The number of benzene rings is 1. The van der Waals surface area contributed by atoms with Crippen LogP contribution in [0.25, 0.3) is 0 Å². The van der Waals surface area contributed by atoms with Crippen LogP contribution in [-0.4, -0.2) is 41.9 Å². The van der Waals surface area contributed by atoms with E-state index in [0.29, 0.717) is 25.2 Å². The number of aromatic nitrogens is 2. The largest absolute Gasteiger partial charge is 0.291 e. The molecular formula is C16H21FN4O2S. The summed E-state index contributed by atoms with van der Waals surface area (Å²) in [6.45, 7) is 3.63. The van der Waals surface area contributed by atoms with Gasteiger partial charge in [-0.25, -0.2) is 17.5 Å². The number of nitrogens with one attached hydrogen (secondary N) is 1. The molecule has 1 aromatic heterocycles. The molecule has 6 nitrogen and oxygen atoms in total. The van der Waals surface area contributed by atoms with Crippen molar-refractivity contribution in [2.75, 3.05) is 18.8 Å². The molecule has 0 amide bonds. The van der Waals surface area contributed by atoms with Gasteiger partial charge in [-0.2, -0.15) is 5.10 Å². The monoisotopic (exact) mass is 352 g/mol. The van der Waals surface area contributed by atoms with Gasteiger partial charge < -0.3 is 0 Å². The van der Waals surface area contributed by atoms with E-state index >= 15 is 0 Å². The van der Waals surface area contributed by atoms with Crippen molar-refractivity contribution in [2.24, 2.45) is 0 Å². The Kier molecular flexibility index (Phi) is 4.98. The third-order valence-corrected chi connectivity index (χ3v) is 5.59. The summed E-state index contributed by atoms with van der Waals surface area (Å²) in [6.07, 6.45) is 1.71. The standard InChI is InChI=1S/C16H21FN4O2S/c1-2-24(22,23)19-9-15-12-20(11-14-7-8-18-21(14)15)10-13-5-3-4-6-16(13)17/h3-8,15,19H,2,9-12H2,1H3/t15-/m0/s1. The zero-order chi connectivity index (χ0) is 17.2. The van der Waals surface area contributed by atoms with Crippen LogP contribution < -0.4 is 4.72 Å². The first-order valence-electron chi connectivity index (χ1n) is 7.94. The van der Waals surface area contributed by atoms with Crippen LogP contribution in [0.2, 0.25) is 0 Å². The lowest BCUT2D eigenvalue weighted by Gasteiger charge is -2.34. The summed E-state index contributed by atoms with van der Waals surface area (Å²) in [7, 11) is -3.26. The van der Waals surface area contributed by atoms with Crippen LogP contribution >= 0.6 is 0 Å². The Balaban J connectivity index is 1.75.